The molecule has 0 saturated carbocycles. The number of likely N-dealkylation sites (N-methyl/N-ethyl adjacent to an activating group) is 1. The number of hydrogen-bond donors (Lipinski definition) is 1. The first-order valence-corrected chi connectivity index (χ1v) is 11.7. The average molecular weight is 472 g/mol. The maximum Gasteiger partial charge on any atom is 0.0617 e. The Kier molecular flexibility index (Phi) is 4.83. The van der Waals surface area contributed by atoms with Crippen molar-refractivity contribution in [2.75, 3.05) is 25.1 Å². The first-order valence-electron chi connectivity index (χ1n) is 8.77. The summed E-state index contributed by atoms with van der Waals surface area (Å²) in [5.74, 6) is 2.74. The van der Waals surface area contributed by atoms with Gasteiger partial charge in [-0.05, 0) is 93.3 Å². The van der Waals surface area contributed by atoms with Crippen LogP contribution in [0.1, 0.15) is 36.1 Å². The van der Waals surface area contributed by atoms with Crippen molar-refractivity contribution in [2.24, 2.45) is 5.92 Å². The summed E-state index contributed by atoms with van der Waals surface area (Å²) in [6.45, 7) is 6.98. The number of piperidine rings is 1. The molecule has 1 fully saturated rings. The van der Waals surface area contributed by atoms with Gasteiger partial charge in [0.1, 0.15) is 0 Å². The number of hydrogen-bond acceptors (Lipinski definition) is 2. The first-order chi connectivity index (χ1) is 11.5. The van der Waals surface area contributed by atoms with Gasteiger partial charge >= 0.3 is 0 Å². The number of fused-ring (bicyclic) bond motifs is 2. The molecule has 0 radical (unpaired) electrons. The summed E-state index contributed by atoms with van der Waals surface area (Å²) < 4.78 is 2.34. The molecule has 2 nitrogen and oxygen atoms in total. The van der Waals surface area contributed by atoms with Crippen molar-refractivity contribution in [1.29, 1.82) is 0 Å². The van der Waals surface area contributed by atoms with Gasteiger partial charge in [-0.15, -0.1) is 0 Å². The SMILES string of the molecule is CCN1C[C@H](CSC)CC2c3cc(Br)c(Br)c4[nH]c(C)c(c34)C[C@H]21. The molecule has 1 aromatic carbocycles. The van der Waals surface area contributed by atoms with Gasteiger partial charge in [0, 0.05) is 34.1 Å². The molecule has 1 aliphatic heterocycles. The number of benzene rings is 1. The average Bonchev–Trinajstić information content (AvgIpc) is 2.90. The highest BCUT2D eigenvalue weighted by Gasteiger charge is 2.41. The number of nitrogens with one attached hydrogen (secondary N) is 1. The first kappa shape index (κ1) is 17.4. The number of thioether (sulfide) groups is 1. The van der Waals surface area contributed by atoms with E-state index in [2.05, 4.69) is 67.9 Å². The fraction of sp³-hybridized carbons (Fsp3) is 0.579. The lowest BCUT2D eigenvalue weighted by Gasteiger charge is -2.47. The van der Waals surface area contributed by atoms with Gasteiger partial charge in [-0.25, -0.2) is 0 Å². The molecule has 0 bridgehead atoms. The zero-order chi connectivity index (χ0) is 17.0. The predicted molar refractivity (Wildman–Crippen MR) is 112 cm³/mol. The third-order valence-corrected chi connectivity index (χ3v) is 8.74. The van der Waals surface area contributed by atoms with Crippen LogP contribution in [0, 0.1) is 12.8 Å². The van der Waals surface area contributed by atoms with Crippen LogP contribution < -0.4 is 0 Å². The number of aryl methyl sites for hydroxylation is 1. The molecule has 0 spiro atoms. The number of aromatic amines is 1. The number of nitrogens with zero attached hydrogens (tertiary/aromatic N) is 1. The van der Waals surface area contributed by atoms with Gasteiger partial charge in [0.05, 0.1) is 9.99 Å². The van der Waals surface area contributed by atoms with E-state index in [4.69, 9.17) is 0 Å². The van der Waals surface area contributed by atoms with Crippen molar-refractivity contribution in [2.45, 2.75) is 38.6 Å². The monoisotopic (exact) mass is 470 g/mol. The van der Waals surface area contributed by atoms with E-state index in [-0.39, 0.29) is 0 Å². The molecule has 2 heterocycles. The number of H-pyrrole nitrogens is 1. The molecule has 1 aromatic heterocycles. The summed E-state index contributed by atoms with van der Waals surface area (Å²) in [7, 11) is 0. The number of rotatable bonds is 3. The molecular formula is C19H24Br2N2S. The van der Waals surface area contributed by atoms with Crippen LogP contribution in [0.2, 0.25) is 0 Å². The third kappa shape index (κ3) is 2.62. The molecule has 1 unspecified atom stereocenters. The van der Waals surface area contributed by atoms with Crippen LogP contribution in [0.4, 0.5) is 0 Å². The Morgan fingerprint density at radius 2 is 2.17 bits per heavy atom. The molecule has 1 N–H and O–H groups in total. The summed E-state index contributed by atoms with van der Waals surface area (Å²) in [6, 6.07) is 3.04. The lowest BCUT2D eigenvalue weighted by atomic mass is 9.72. The van der Waals surface area contributed by atoms with Gasteiger partial charge in [0.25, 0.3) is 0 Å². The van der Waals surface area contributed by atoms with Crippen molar-refractivity contribution in [3.8, 4) is 0 Å². The van der Waals surface area contributed by atoms with Crippen molar-refractivity contribution in [1.82, 2.24) is 9.88 Å². The Labute approximate surface area is 165 Å². The summed E-state index contributed by atoms with van der Waals surface area (Å²) in [5, 5.41) is 1.49. The van der Waals surface area contributed by atoms with Gasteiger partial charge in [-0.1, -0.05) is 6.92 Å². The van der Waals surface area contributed by atoms with Crippen LogP contribution >= 0.6 is 43.6 Å². The largest absolute Gasteiger partial charge is 0.357 e. The summed E-state index contributed by atoms with van der Waals surface area (Å²) >= 11 is 9.55. The molecule has 3 atom stereocenters. The minimum Gasteiger partial charge on any atom is -0.357 e. The van der Waals surface area contributed by atoms with E-state index in [1.165, 1.54) is 51.8 Å². The second-order valence-corrected chi connectivity index (χ2v) is 9.82. The van der Waals surface area contributed by atoms with Gasteiger partial charge in [-0.2, -0.15) is 11.8 Å². The maximum atomic E-state index is 3.78. The molecule has 2 aliphatic rings. The Balaban J connectivity index is 1.88. The zero-order valence-electron chi connectivity index (χ0n) is 14.5. The third-order valence-electron chi connectivity index (χ3n) is 5.95. The lowest BCUT2D eigenvalue weighted by Crippen LogP contribution is -2.50. The highest BCUT2D eigenvalue weighted by atomic mass is 79.9. The Morgan fingerprint density at radius 1 is 1.38 bits per heavy atom. The molecule has 4 rings (SSSR count). The fourth-order valence-electron chi connectivity index (χ4n) is 4.93. The van der Waals surface area contributed by atoms with Crippen LogP contribution in [0.5, 0.6) is 0 Å². The number of likely N-dealkylation sites (tertiary alicyclic amines) is 1. The Morgan fingerprint density at radius 3 is 2.88 bits per heavy atom. The maximum absolute atomic E-state index is 3.78. The van der Waals surface area contributed by atoms with Crippen molar-refractivity contribution < 1.29 is 0 Å². The van der Waals surface area contributed by atoms with Crippen molar-refractivity contribution in [3.05, 3.63) is 31.8 Å². The van der Waals surface area contributed by atoms with Crippen LogP contribution in [-0.4, -0.2) is 41.0 Å². The zero-order valence-corrected chi connectivity index (χ0v) is 18.4. The summed E-state index contributed by atoms with van der Waals surface area (Å²) in [6.07, 6.45) is 4.76. The van der Waals surface area contributed by atoms with Gasteiger partial charge < -0.3 is 4.98 Å². The van der Waals surface area contributed by atoms with E-state index in [1.54, 1.807) is 5.56 Å². The van der Waals surface area contributed by atoms with Crippen LogP contribution in [0.3, 0.4) is 0 Å². The molecule has 24 heavy (non-hydrogen) atoms. The predicted octanol–water partition coefficient (Wildman–Crippen LogP) is 5.71. The molecule has 130 valence electrons. The van der Waals surface area contributed by atoms with Gasteiger partial charge in [0.2, 0.25) is 0 Å². The number of aromatic nitrogens is 1. The van der Waals surface area contributed by atoms with Crippen molar-refractivity contribution >= 4 is 54.5 Å². The van der Waals surface area contributed by atoms with E-state index in [1.807, 2.05) is 11.8 Å². The van der Waals surface area contributed by atoms with E-state index in [0.717, 1.165) is 16.9 Å². The van der Waals surface area contributed by atoms with E-state index in [9.17, 15) is 0 Å². The summed E-state index contributed by atoms with van der Waals surface area (Å²) in [5.41, 5.74) is 5.71. The van der Waals surface area contributed by atoms with Crippen LogP contribution in [-0.2, 0) is 6.42 Å². The topological polar surface area (TPSA) is 19.0 Å². The molecular weight excluding hydrogens is 448 g/mol. The van der Waals surface area contributed by atoms with Gasteiger partial charge in [0.15, 0.2) is 0 Å². The standard InChI is InChI=1S/C19H24Br2N2S/c1-4-23-8-11(9-24-3)5-13-14-6-15(20)18(21)19-17(14)12(7-16(13)23)10(2)22-19/h6,11,13,16,22H,4-5,7-9H2,1-3H3/t11-,13?,16-/m1/s1. The number of halogens is 2. The molecule has 0 amide bonds. The normalized spacial score (nSPS) is 26.8. The Hall–Kier alpha value is 0.0300. The fourth-order valence-corrected chi connectivity index (χ4v) is 6.50. The quantitative estimate of drug-likeness (QED) is 0.617. The minimum absolute atomic E-state index is 0.658. The van der Waals surface area contributed by atoms with E-state index >= 15 is 0 Å². The highest BCUT2D eigenvalue weighted by molar-refractivity contribution is 9.13. The lowest BCUT2D eigenvalue weighted by molar-refractivity contribution is 0.0983. The van der Waals surface area contributed by atoms with E-state index < -0.39 is 0 Å². The molecule has 2 aromatic rings. The summed E-state index contributed by atoms with van der Waals surface area (Å²) in [4.78, 5) is 6.39. The minimum atomic E-state index is 0.658. The molecule has 5 heteroatoms. The van der Waals surface area contributed by atoms with Crippen LogP contribution in [0.25, 0.3) is 10.9 Å². The second-order valence-electron chi connectivity index (χ2n) is 7.26. The van der Waals surface area contributed by atoms with E-state index in [0.29, 0.717) is 12.0 Å². The van der Waals surface area contributed by atoms with Crippen molar-refractivity contribution in [3.63, 3.8) is 0 Å². The van der Waals surface area contributed by atoms with Gasteiger partial charge in [-0.3, -0.25) is 4.90 Å². The Bertz CT molecular complexity index is 786. The molecule has 1 aliphatic carbocycles. The smallest absolute Gasteiger partial charge is 0.0617 e. The van der Waals surface area contributed by atoms with Crippen LogP contribution in [0.15, 0.2) is 15.0 Å². The highest BCUT2D eigenvalue weighted by Crippen LogP contribution is 2.49. The molecule has 1 saturated heterocycles. The second kappa shape index (κ2) is 6.64.